The molecule has 2 aromatic heterocycles. The quantitative estimate of drug-likeness (QED) is 0.699. The van der Waals surface area contributed by atoms with Gasteiger partial charge in [-0.1, -0.05) is 12.1 Å². The maximum Gasteiger partial charge on any atom is 0.337 e. The first-order chi connectivity index (χ1) is 13.7. The molecule has 2 fully saturated rings. The van der Waals surface area contributed by atoms with Crippen molar-refractivity contribution < 1.29 is 14.6 Å². The summed E-state index contributed by atoms with van der Waals surface area (Å²) in [5.74, 6) is 0.169. The predicted molar refractivity (Wildman–Crippen MR) is 107 cm³/mol. The van der Waals surface area contributed by atoms with Crippen LogP contribution < -0.4 is 0 Å². The molecule has 1 unspecified atom stereocenters. The average Bonchev–Trinajstić information content (AvgIpc) is 3.27. The second kappa shape index (κ2) is 7.06. The van der Waals surface area contributed by atoms with Gasteiger partial charge in [0.05, 0.1) is 17.9 Å². The van der Waals surface area contributed by atoms with Gasteiger partial charge in [0.15, 0.2) is 0 Å². The molecule has 1 atom stereocenters. The summed E-state index contributed by atoms with van der Waals surface area (Å²) in [6.07, 6.45) is 7.91. The Hall–Kier alpha value is -2.66. The number of carbonyl (C=O) groups is 1. The molecule has 0 bridgehead atoms. The SMILES string of the molecule is O=C(O)c1cc(C2CC2)cnc1Cc1cccc2c1ccn2CC1CCOC1. The molecule has 144 valence electrons. The van der Waals surface area contributed by atoms with Gasteiger partial charge in [-0.2, -0.15) is 0 Å². The molecule has 1 saturated heterocycles. The Morgan fingerprint density at radius 1 is 1.25 bits per heavy atom. The minimum absolute atomic E-state index is 0.337. The fraction of sp³-hybridized carbons (Fsp3) is 0.391. The molecule has 5 nitrogen and oxygen atoms in total. The molecule has 0 amide bonds. The first-order valence-electron chi connectivity index (χ1n) is 10.1. The van der Waals surface area contributed by atoms with E-state index in [-0.39, 0.29) is 0 Å². The van der Waals surface area contributed by atoms with Crippen LogP contribution in [0.25, 0.3) is 10.9 Å². The van der Waals surface area contributed by atoms with Crippen molar-refractivity contribution in [3.8, 4) is 0 Å². The standard InChI is InChI=1S/C23H24N2O3/c26-23(27)20-10-18(16-4-5-16)12-24-21(20)11-17-2-1-3-22-19(17)6-8-25(22)13-15-7-9-28-14-15/h1-3,6,8,10,12,15-16H,4-5,7,9,11,13-14H2,(H,26,27). The highest BCUT2D eigenvalue weighted by atomic mass is 16.5. The number of aromatic nitrogens is 2. The minimum atomic E-state index is -0.893. The van der Waals surface area contributed by atoms with Crippen LogP contribution >= 0.6 is 0 Å². The number of pyridine rings is 1. The number of carboxylic acid groups (broad SMARTS) is 1. The van der Waals surface area contributed by atoms with Crippen molar-refractivity contribution in [2.75, 3.05) is 13.2 Å². The number of carboxylic acids is 1. The van der Waals surface area contributed by atoms with Crippen LogP contribution in [-0.4, -0.2) is 33.8 Å². The first kappa shape index (κ1) is 17.4. The van der Waals surface area contributed by atoms with Crippen LogP contribution in [0.3, 0.4) is 0 Å². The normalized spacial score (nSPS) is 19.4. The van der Waals surface area contributed by atoms with Crippen LogP contribution in [0.1, 0.15) is 52.4 Å². The topological polar surface area (TPSA) is 64.3 Å². The van der Waals surface area contributed by atoms with Crippen molar-refractivity contribution in [1.29, 1.82) is 0 Å². The van der Waals surface area contributed by atoms with Crippen LogP contribution in [0.15, 0.2) is 42.7 Å². The molecular weight excluding hydrogens is 352 g/mol. The maximum absolute atomic E-state index is 11.8. The summed E-state index contributed by atoms with van der Waals surface area (Å²) in [6.45, 7) is 2.65. The van der Waals surface area contributed by atoms with Crippen LogP contribution in [0.4, 0.5) is 0 Å². The van der Waals surface area contributed by atoms with Gasteiger partial charge in [-0.25, -0.2) is 4.79 Å². The fourth-order valence-electron chi connectivity index (χ4n) is 4.26. The third-order valence-corrected chi connectivity index (χ3v) is 6.01. The van der Waals surface area contributed by atoms with Crippen molar-refractivity contribution in [3.63, 3.8) is 0 Å². The summed E-state index contributed by atoms with van der Waals surface area (Å²) in [6, 6.07) is 10.2. The Morgan fingerprint density at radius 3 is 2.89 bits per heavy atom. The summed E-state index contributed by atoms with van der Waals surface area (Å²) in [7, 11) is 0. The molecule has 1 N–H and O–H groups in total. The zero-order valence-electron chi connectivity index (χ0n) is 15.8. The number of nitrogens with zero attached hydrogens (tertiary/aromatic N) is 2. The summed E-state index contributed by atoms with van der Waals surface area (Å²) >= 11 is 0. The van der Waals surface area contributed by atoms with E-state index in [0.29, 0.717) is 29.5 Å². The number of benzene rings is 1. The Kier molecular flexibility index (Phi) is 4.40. The van der Waals surface area contributed by atoms with Gasteiger partial charge in [0.25, 0.3) is 0 Å². The fourth-order valence-corrected chi connectivity index (χ4v) is 4.26. The number of aromatic carboxylic acids is 1. The van der Waals surface area contributed by atoms with Crippen molar-refractivity contribution >= 4 is 16.9 Å². The van der Waals surface area contributed by atoms with Crippen molar-refractivity contribution in [2.24, 2.45) is 5.92 Å². The van der Waals surface area contributed by atoms with E-state index in [0.717, 1.165) is 50.1 Å². The van der Waals surface area contributed by atoms with Crippen LogP contribution in [-0.2, 0) is 17.7 Å². The smallest absolute Gasteiger partial charge is 0.337 e. The highest BCUT2D eigenvalue weighted by Crippen LogP contribution is 2.40. The summed E-state index contributed by atoms with van der Waals surface area (Å²) < 4.78 is 7.80. The van der Waals surface area contributed by atoms with Gasteiger partial charge >= 0.3 is 5.97 Å². The maximum atomic E-state index is 11.8. The lowest BCUT2D eigenvalue weighted by atomic mass is 10.00. The highest BCUT2D eigenvalue weighted by Gasteiger charge is 2.26. The first-order valence-corrected chi connectivity index (χ1v) is 10.1. The number of hydrogen-bond acceptors (Lipinski definition) is 3. The molecule has 0 spiro atoms. The van der Waals surface area contributed by atoms with E-state index in [1.165, 1.54) is 10.9 Å². The Labute approximate surface area is 164 Å². The van der Waals surface area contributed by atoms with Crippen molar-refractivity contribution in [3.05, 3.63) is 65.1 Å². The lowest BCUT2D eigenvalue weighted by Gasteiger charge is -2.12. The molecule has 28 heavy (non-hydrogen) atoms. The lowest BCUT2D eigenvalue weighted by molar-refractivity contribution is 0.0695. The van der Waals surface area contributed by atoms with E-state index in [9.17, 15) is 9.90 Å². The van der Waals surface area contributed by atoms with Gasteiger partial charge in [-0.15, -0.1) is 0 Å². The zero-order valence-corrected chi connectivity index (χ0v) is 15.8. The van der Waals surface area contributed by atoms with E-state index in [1.54, 1.807) is 0 Å². The zero-order chi connectivity index (χ0) is 19.1. The predicted octanol–water partition coefficient (Wildman–Crippen LogP) is 4.24. The largest absolute Gasteiger partial charge is 0.478 e. The second-order valence-electron chi connectivity index (χ2n) is 8.07. The lowest BCUT2D eigenvalue weighted by Crippen LogP contribution is -2.09. The molecule has 1 aliphatic carbocycles. The second-order valence-corrected chi connectivity index (χ2v) is 8.07. The van der Waals surface area contributed by atoms with Gasteiger partial charge in [-0.05, 0) is 54.5 Å². The molecule has 5 heteroatoms. The molecule has 1 aromatic carbocycles. The van der Waals surface area contributed by atoms with Crippen molar-refractivity contribution in [1.82, 2.24) is 9.55 Å². The van der Waals surface area contributed by atoms with Gasteiger partial charge in [-0.3, -0.25) is 4.98 Å². The Balaban J connectivity index is 1.46. The van der Waals surface area contributed by atoms with E-state index >= 15 is 0 Å². The molecule has 0 radical (unpaired) electrons. The Morgan fingerprint density at radius 2 is 2.14 bits per heavy atom. The van der Waals surface area contributed by atoms with Crippen LogP contribution in [0.5, 0.6) is 0 Å². The summed E-state index contributed by atoms with van der Waals surface area (Å²) in [5, 5.41) is 10.9. The van der Waals surface area contributed by atoms with Crippen LogP contribution in [0, 0.1) is 5.92 Å². The van der Waals surface area contributed by atoms with E-state index < -0.39 is 5.97 Å². The van der Waals surface area contributed by atoms with E-state index in [2.05, 4.69) is 40.0 Å². The number of fused-ring (bicyclic) bond motifs is 1. The molecule has 3 heterocycles. The summed E-state index contributed by atoms with van der Waals surface area (Å²) in [4.78, 5) is 16.4. The molecule has 1 aliphatic heterocycles. The third-order valence-electron chi connectivity index (χ3n) is 6.01. The molecule has 3 aromatic rings. The summed E-state index contributed by atoms with van der Waals surface area (Å²) in [5.41, 5.74) is 4.35. The molecular formula is C23H24N2O3. The van der Waals surface area contributed by atoms with E-state index in [4.69, 9.17) is 4.74 Å². The molecule has 2 aliphatic rings. The van der Waals surface area contributed by atoms with Gasteiger partial charge in [0, 0.05) is 48.8 Å². The highest BCUT2D eigenvalue weighted by molar-refractivity contribution is 5.90. The third kappa shape index (κ3) is 3.31. The van der Waals surface area contributed by atoms with Gasteiger partial charge in [0.2, 0.25) is 0 Å². The number of rotatable bonds is 6. The van der Waals surface area contributed by atoms with Gasteiger partial charge < -0.3 is 14.4 Å². The molecule has 5 rings (SSSR count). The van der Waals surface area contributed by atoms with Crippen molar-refractivity contribution in [2.45, 2.75) is 38.1 Å². The average molecular weight is 376 g/mol. The van der Waals surface area contributed by atoms with Crippen LogP contribution in [0.2, 0.25) is 0 Å². The number of ether oxygens (including phenoxy) is 1. The Bertz CT molecular complexity index is 1030. The minimum Gasteiger partial charge on any atom is -0.478 e. The van der Waals surface area contributed by atoms with Gasteiger partial charge in [0.1, 0.15) is 0 Å². The van der Waals surface area contributed by atoms with E-state index in [1.807, 2.05) is 12.3 Å². The monoisotopic (exact) mass is 376 g/mol. The number of hydrogen-bond donors (Lipinski definition) is 1. The molecule has 1 saturated carbocycles.